The Kier molecular flexibility index (Phi) is 7.27. The minimum atomic E-state index is -1.08. The molecule has 176 valence electrons. The van der Waals surface area contributed by atoms with Crippen molar-refractivity contribution in [2.45, 2.75) is 26.2 Å². The van der Waals surface area contributed by atoms with Crippen molar-refractivity contribution in [1.82, 2.24) is 5.32 Å². The molecule has 0 saturated heterocycles. The Bertz CT molecular complexity index is 1060. The fourth-order valence-corrected chi connectivity index (χ4v) is 4.46. The molecule has 0 bridgehead atoms. The summed E-state index contributed by atoms with van der Waals surface area (Å²) >= 11 is 0. The summed E-state index contributed by atoms with van der Waals surface area (Å²) in [5.41, 5.74) is 1.10. The van der Waals surface area contributed by atoms with Crippen LogP contribution in [0.15, 0.2) is 46.8 Å². The number of methoxy groups -OCH3 is 2. The van der Waals surface area contributed by atoms with E-state index >= 15 is 0 Å². The quantitative estimate of drug-likeness (QED) is 0.215. The molecule has 10 heteroatoms. The van der Waals surface area contributed by atoms with Crippen LogP contribution in [0.4, 0.5) is 5.69 Å². The van der Waals surface area contributed by atoms with Gasteiger partial charge in [-0.25, -0.2) is 4.79 Å². The highest BCUT2D eigenvalue weighted by Gasteiger charge is 2.48. The topological polar surface area (TPSA) is 134 Å². The van der Waals surface area contributed by atoms with E-state index in [1.54, 1.807) is 19.9 Å². The highest BCUT2D eigenvalue weighted by molar-refractivity contribution is 6.12. The number of para-hydroxylation sites is 1. The summed E-state index contributed by atoms with van der Waals surface area (Å²) in [7, 11) is 2.66. The molecule has 1 aliphatic heterocycles. The van der Waals surface area contributed by atoms with Crippen molar-refractivity contribution in [2.24, 2.45) is 11.8 Å². The van der Waals surface area contributed by atoms with Crippen LogP contribution in [0.5, 0.6) is 0 Å². The van der Waals surface area contributed by atoms with Gasteiger partial charge >= 0.3 is 11.9 Å². The van der Waals surface area contributed by atoms with Crippen LogP contribution in [0.1, 0.15) is 31.7 Å². The predicted octanol–water partition coefficient (Wildman–Crippen LogP) is 2.40. The van der Waals surface area contributed by atoms with Crippen LogP contribution in [0.2, 0.25) is 0 Å². The van der Waals surface area contributed by atoms with Gasteiger partial charge in [0.2, 0.25) is 0 Å². The fraction of sp³-hybridized carbons (Fsp3) is 0.435. The van der Waals surface area contributed by atoms with Gasteiger partial charge in [0.1, 0.15) is 12.5 Å². The zero-order chi connectivity index (χ0) is 24.3. The number of nitrogens with one attached hydrogen (secondary N) is 1. The van der Waals surface area contributed by atoms with E-state index in [1.165, 1.54) is 32.4 Å². The number of rotatable bonds is 7. The normalized spacial score (nSPS) is 22.4. The maximum atomic E-state index is 13.6. The van der Waals surface area contributed by atoms with Gasteiger partial charge in [0, 0.05) is 35.7 Å². The molecule has 10 nitrogen and oxygen atoms in total. The van der Waals surface area contributed by atoms with Crippen LogP contribution in [0, 0.1) is 22.0 Å². The van der Waals surface area contributed by atoms with E-state index < -0.39 is 34.5 Å². The van der Waals surface area contributed by atoms with Gasteiger partial charge in [-0.1, -0.05) is 25.1 Å². The van der Waals surface area contributed by atoms with Crippen molar-refractivity contribution in [1.29, 1.82) is 0 Å². The van der Waals surface area contributed by atoms with Gasteiger partial charge in [0.25, 0.3) is 5.69 Å². The Morgan fingerprint density at radius 1 is 1.21 bits per heavy atom. The first kappa shape index (κ1) is 24.1. The number of esters is 2. The Morgan fingerprint density at radius 2 is 1.91 bits per heavy atom. The number of nitrogens with zero attached hydrogens (tertiary/aromatic N) is 1. The third-order valence-corrected chi connectivity index (χ3v) is 5.93. The number of allylic oxidation sites excluding steroid dienone is 3. The Labute approximate surface area is 190 Å². The SMILES string of the molecule is COCCOC(=O)C1=C(C)NC2=C(C(=O)[C@H](C(=O)OC)[C@@H](C)C2)[C@H]1c1ccccc1[N+](=O)[O-]. The average Bonchev–Trinajstić information content (AvgIpc) is 2.77. The molecule has 33 heavy (non-hydrogen) atoms. The van der Waals surface area contributed by atoms with E-state index in [2.05, 4.69) is 5.32 Å². The molecule has 0 unspecified atom stereocenters. The molecule has 1 heterocycles. The van der Waals surface area contributed by atoms with E-state index in [-0.39, 0.29) is 41.5 Å². The third kappa shape index (κ3) is 4.51. The Morgan fingerprint density at radius 3 is 2.55 bits per heavy atom. The van der Waals surface area contributed by atoms with Crippen molar-refractivity contribution < 1.29 is 33.5 Å². The number of dihydropyridines is 1. The number of ether oxygens (including phenoxy) is 3. The first-order valence-corrected chi connectivity index (χ1v) is 10.4. The van der Waals surface area contributed by atoms with Crippen molar-refractivity contribution in [2.75, 3.05) is 27.4 Å². The van der Waals surface area contributed by atoms with Gasteiger partial charge in [-0.3, -0.25) is 19.7 Å². The number of nitro benzene ring substituents is 1. The van der Waals surface area contributed by atoms with Crippen molar-refractivity contribution >= 4 is 23.4 Å². The lowest BCUT2D eigenvalue weighted by Gasteiger charge is -2.38. The highest BCUT2D eigenvalue weighted by atomic mass is 16.6. The monoisotopic (exact) mass is 458 g/mol. The lowest BCUT2D eigenvalue weighted by atomic mass is 9.69. The summed E-state index contributed by atoms with van der Waals surface area (Å²) in [6.45, 7) is 3.55. The van der Waals surface area contributed by atoms with E-state index in [0.717, 1.165) is 0 Å². The Hall–Kier alpha value is -3.53. The lowest BCUT2D eigenvalue weighted by Crippen LogP contribution is -2.43. The second-order valence-electron chi connectivity index (χ2n) is 7.98. The average molecular weight is 458 g/mol. The van der Waals surface area contributed by atoms with Crippen LogP contribution >= 0.6 is 0 Å². The number of ketones is 1. The number of Topliss-reactive ketones (excluding diaryl/α,β-unsaturated/α-hetero) is 1. The molecule has 1 aliphatic carbocycles. The predicted molar refractivity (Wildman–Crippen MR) is 116 cm³/mol. The zero-order valence-corrected chi connectivity index (χ0v) is 18.9. The highest BCUT2D eigenvalue weighted by Crippen LogP contribution is 2.47. The summed E-state index contributed by atoms with van der Waals surface area (Å²) in [5.74, 6) is -4.45. The van der Waals surface area contributed by atoms with Gasteiger partial charge in [-0.2, -0.15) is 0 Å². The summed E-state index contributed by atoms with van der Waals surface area (Å²) in [4.78, 5) is 50.4. The molecule has 1 N–H and O–H groups in total. The molecular weight excluding hydrogens is 432 g/mol. The molecule has 0 saturated carbocycles. The van der Waals surface area contributed by atoms with Gasteiger partial charge in [-0.05, 0) is 19.3 Å². The van der Waals surface area contributed by atoms with Gasteiger partial charge in [-0.15, -0.1) is 0 Å². The molecule has 3 atom stereocenters. The number of carbonyl (C=O) groups excluding carboxylic acids is 3. The van der Waals surface area contributed by atoms with Crippen LogP contribution < -0.4 is 5.32 Å². The third-order valence-electron chi connectivity index (χ3n) is 5.93. The van der Waals surface area contributed by atoms with Crippen molar-refractivity contribution in [3.05, 3.63) is 62.5 Å². The number of carbonyl (C=O) groups is 3. The molecule has 0 fully saturated rings. The summed E-state index contributed by atoms with van der Waals surface area (Å²) in [5, 5.41) is 14.9. The van der Waals surface area contributed by atoms with E-state index in [0.29, 0.717) is 17.8 Å². The van der Waals surface area contributed by atoms with E-state index in [1.807, 2.05) is 0 Å². The smallest absolute Gasteiger partial charge is 0.336 e. The molecule has 2 aliphatic rings. The fourth-order valence-electron chi connectivity index (χ4n) is 4.46. The molecule has 0 aromatic heterocycles. The molecule has 3 rings (SSSR count). The molecule has 0 amide bonds. The minimum absolute atomic E-state index is 0.0304. The van der Waals surface area contributed by atoms with Gasteiger partial charge < -0.3 is 19.5 Å². The van der Waals surface area contributed by atoms with Gasteiger partial charge in [0.15, 0.2) is 5.78 Å². The van der Waals surface area contributed by atoms with Crippen LogP contribution in [-0.2, 0) is 28.6 Å². The molecule has 1 aromatic carbocycles. The first-order valence-electron chi connectivity index (χ1n) is 10.4. The largest absolute Gasteiger partial charge is 0.468 e. The van der Waals surface area contributed by atoms with Crippen molar-refractivity contribution in [3.8, 4) is 0 Å². The van der Waals surface area contributed by atoms with Crippen LogP contribution in [0.3, 0.4) is 0 Å². The Balaban J connectivity index is 2.20. The maximum Gasteiger partial charge on any atom is 0.336 e. The number of hydrogen-bond donors (Lipinski definition) is 1. The molecular formula is C23H26N2O8. The second-order valence-corrected chi connectivity index (χ2v) is 7.98. The standard InChI is InChI=1S/C23H26N2O8/c1-12-11-15-20(21(26)17(12)22(27)32-4)19(14-7-5-6-8-16(14)25(29)30)18(13(2)24-15)23(28)33-10-9-31-3/h5-8,12,17,19,24H,9-11H2,1-4H3/t12-,17+,19-/m0/s1. The number of nitro groups is 1. The van der Waals surface area contributed by atoms with Crippen molar-refractivity contribution in [3.63, 3.8) is 0 Å². The first-order chi connectivity index (χ1) is 15.7. The molecule has 1 aromatic rings. The lowest BCUT2D eigenvalue weighted by molar-refractivity contribution is -0.385. The van der Waals surface area contributed by atoms with E-state index in [4.69, 9.17) is 14.2 Å². The number of benzene rings is 1. The molecule has 0 radical (unpaired) electrons. The summed E-state index contributed by atoms with van der Waals surface area (Å²) < 4.78 is 15.1. The summed E-state index contributed by atoms with van der Waals surface area (Å²) in [6, 6.07) is 5.93. The van der Waals surface area contributed by atoms with Crippen LogP contribution in [0.25, 0.3) is 0 Å². The molecule has 0 spiro atoms. The maximum absolute atomic E-state index is 13.6. The number of hydrogen-bond acceptors (Lipinski definition) is 9. The van der Waals surface area contributed by atoms with Gasteiger partial charge in [0.05, 0.1) is 30.1 Å². The van der Waals surface area contributed by atoms with E-state index in [9.17, 15) is 24.5 Å². The summed E-state index contributed by atoms with van der Waals surface area (Å²) in [6.07, 6.45) is 0.335. The zero-order valence-electron chi connectivity index (χ0n) is 18.9. The second kappa shape index (κ2) is 9.95. The minimum Gasteiger partial charge on any atom is -0.468 e. The van der Waals surface area contributed by atoms with Crippen LogP contribution in [-0.4, -0.2) is 50.1 Å².